The number of nitrogens with zero attached hydrogens (tertiary/aromatic N) is 3. The molecular formula is C22H24N4O4S2. The quantitative estimate of drug-likeness (QED) is 0.316. The standard InChI is InChI=1S/C22H24N4O4S2/c1-12-24-14-4-7-19(29-3)26-20(14)22(25-12)31-11-15(27)17-5-6-18(32-17)16-10-13(8-9-30-16)21(28)23-2/h4-7,13,16H,8-11H2,1-3H3,(H,23,28)/t13-,16+/m0/s1. The molecule has 0 aliphatic carbocycles. The summed E-state index contributed by atoms with van der Waals surface area (Å²) in [6, 6.07) is 7.35. The zero-order valence-electron chi connectivity index (χ0n) is 18.1. The first kappa shape index (κ1) is 22.6. The Kier molecular flexibility index (Phi) is 7.02. The zero-order chi connectivity index (χ0) is 22.7. The van der Waals surface area contributed by atoms with Gasteiger partial charge in [-0.15, -0.1) is 11.3 Å². The lowest BCUT2D eigenvalue weighted by Crippen LogP contribution is -2.32. The first-order valence-corrected chi connectivity index (χ1v) is 12.1. The Labute approximate surface area is 194 Å². The molecule has 0 radical (unpaired) electrons. The Morgan fingerprint density at radius 1 is 1.25 bits per heavy atom. The number of aromatic nitrogens is 3. The van der Waals surface area contributed by atoms with E-state index in [0.717, 1.165) is 11.3 Å². The third-order valence-corrected chi connectivity index (χ3v) is 7.45. The van der Waals surface area contributed by atoms with Crippen molar-refractivity contribution in [2.75, 3.05) is 26.5 Å². The van der Waals surface area contributed by atoms with E-state index in [1.54, 1.807) is 20.2 Å². The Bertz CT molecular complexity index is 1150. The summed E-state index contributed by atoms with van der Waals surface area (Å²) in [5.74, 6) is 1.32. The van der Waals surface area contributed by atoms with Crippen LogP contribution in [0.4, 0.5) is 0 Å². The number of nitrogens with one attached hydrogen (secondary N) is 1. The van der Waals surface area contributed by atoms with Gasteiger partial charge in [-0.1, -0.05) is 11.8 Å². The van der Waals surface area contributed by atoms with Gasteiger partial charge in [-0.05, 0) is 38.0 Å². The van der Waals surface area contributed by atoms with Crippen molar-refractivity contribution in [3.8, 4) is 5.88 Å². The number of hydrogen-bond acceptors (Lipinski definition) is 9. The number of ketones is 1. The lowest BCUT2D eigenvalue weighted by Gasteiger charge is -2.27. The minimum atomic E-state index is -0.157. The topological polar surface area (TPSA) is 103 Å². The average Bonchev–Trinajstić information content (AvgIpc) is 3.32. The Morgan fingerprint density at radius 2 is 2.09 bits per heavy atom. The predicted octanol–water partition coefficient (Wildman–Crippen LogP) is 3.59. The van der Waals surface area contributed by atoms with Gasteiger partial charge in [-0.3, -0.25) is 9.59 Å². The third-order valence-electron chi connectivity index (χ3n) is 5.27. The monoisotopic (exact) mass is 472 g/mol. The zero-order valence-corrected chi connectivity index (χ0v) is 19.7. The molecule has 32 heavy (non-hydrogen) atoms. The number of thiophene rings is 1. The van der Waals surface area contributed by atoms with E-state index in [2.05, 4.69) is 20.3 Å². The van der Waals surface area contributed by atoms with Crippen molar-refractivity contribution in [2.45, 2.75) is 30.9 Å². The Morgan fingerprint density at radius 3 is 2.88 bits per heavy atom. The summed E-state index contributed by atoms with van der Waals surface area (Å²) >= 11 is 2.77. The molecule has 1 amide bonds. The van der Waals surface area contributed by atoms with E-state index in [4.69, 9.17) is 9.47 Å². The van der Waals surface area contributed by atoms with Crippen molar-refractivity contribution < 1.29 is 19.1 Å². The molecule has 1 N–H and O–H groups in total. The number of thioether (sulfide) groups is 1. The summed E-state index contributed by atoms with van der Waals surface area (Å²) in [5, 5.41) is 3.37. The van der Waals surface area contributed by atoms with Crippen LogP contribution in [0.1, 0.15) is 39.3 Å². The molecule has 0 saturated carbocycles. The fourth-order valence-corrected chi connectivity index (χ4v) is 5.62. The number of pyridine rings is 1. The average molecular weight is 473 g/mol. The van der Waals surface area contributed by atoms with Gasteiger partial charge in [0.1, 0.15) is 16.4 Å². The molecule has 4 rings (SSSR count). The molecule has 168 valence electrons. The summed E-state index contributed by atoms with van der Waals surface area (Å²) in [5.41, 5.74) is 1.34. The number of carbonyl (C=O) groups excluding carboxylic acids is 2. The Balaban J connectivity index is 1.46. The van der Waals surface area contributed by atoms with E-state index in [0.29, 0.717) is 45.7 Å². The van der Waals surface area contributed by atoms with Gasteiger partial charge in [-0.2, -0.15) is 0 Å². The fourth-order valence-electron chi connectivity index (χ4n) is 3.61. The van der Waals surface area contributed by atoms with E-state index in [1.807, 2.05) is 25.1 Å². The summed E-state index contributed by atoms with van der Waals surface area (Å²) in [6.45, 7) is 2.35. The molecule has 3 aromatic rings. The SMILES string of the molecule is CNC(=O)[C@H]1CCO[C@@H](c2ccc(C(=O)CSc3nc(C)nc4ccc(OC)nc34)s2)C1. The van der Waals surface area contributed by atoms with Crippen molar-refractivity contribution in [2.24, 2.45) is 5.92 Å². The molecule has 8 nitrogen and oxygen atoms in total. The fraction of sp³-hybridized carbons (Fsp3) is 0.409. The van der Waals surface area contributed by atoms with Gasteiger partial charge in [0, 0.05) is 30.5 Å². The maximum absolute atomic E-state index is 12.9. The van der Waals surface area contributed by atoms with Gasteiger partial charge >= 0.3 is 0 Å². The van der Waals surface area contributed by atoms with Crippen molar-refractivity contribution in [1.82, 2.24) is 20.3 Å². The number of amides is 1. The van der Waals surface area contributed by atoms with Gasteiger partial charge in [0.15, 0.2) is 5.78 Å². The smallest absolute Gasteiger partial charge is 0.223 e. The third kappa shape index (κ3) is 4.92. The molecule has 4 heterocycles. The minimum absolute atomic E-state index is 0.0113. The molecule has 1 fully saturated rings. The van der Waals surface area contributed by atoms with Gasteiger partial charge < -0.3 is 14.8 Å². The second kappa shape index (κ2) is 9.93. The normalized spacial score (nSPS) is 18.5. The van der Waals surface area contributed by atoms with Gasteiger partial charge in [0.05, 0.1) is 29.4 Å². The number of methoxy groups -OCH3 is 1. The van der Waals surface area contributed by atoms with Crippen molar-refractivity contribution in [3.05, 3.63) is 39.8 Å². The molecule has 2 atom stereocenters. The molecule has 10 heteroatoms. The molecule has 0 spiro atoms. The molecule has 0 unspecified atom stereocenters. The lowest BCUT2D eigenvalue weighted by atomic mass is 9.94. The highest BCUT2D eigenvalue weighted by molar-refractivity contribution is 8.00. The van der Waals surface area contributed by atoms with Crippen LogP contribution in [0.15, 0.2) is 29.3 Å². The number of rotatable bonds is 7. The van der Waals surface area contributed by atoms with Crippen LogP contribution in [0.2, 0.25) is 0 Å². The number of fused-ring (bicyclic) bond motifs is 1. The predicted molar refractivity (Wildman–Crippen MR) is 123 cm³/mol. The van der Waals surface area contributed by atoms with E-state index in [9.17, 15) is 9.59 Å². The van der Waals surface area contributed by atoms with Crippen LogP contribution in [0.3, 0.4) is 0 Å². The molecule has 3 aromatic heterocycles. The molecule has 1 aliphatic rings. The van der Waals surface area contributed by atoms with E-state index >= 15 is 0 Å². The van der Waals surface area contributed by atoms with Gasteiger partial charge in [0.25, 0.3) is 0 Å². The summed E-state index contributed by atoms with van der Waals surface area (Å²) in [6.07, 6.45) is 1.19. The molecule has 1 aliphatic heterocycles. The van der Waals surface area contributed by atoms with Crippen LogP contribution in [0, 0.1) is 12.8 Å². The van der Waals surface area contributed by atoms with Crippen LogP contribution in [-0.2, 0) is 9.53 Å². The Hall–Kier alpha value is -2.56. The molecule has 0 aromatic carbocycles. The van der Waals surface area contributed by atoms with Crippen molar-refractivity contribution in [1.29, 1.82) is 0 Å². The molecule has 0 bridgehead atoms. The summed E-state index contributed by atoms with van der Waals surface area (Å²) in [7, 11) is 3.21. The van der Waals surface area contributed by atoms with E-state index in [1.165, 1.54) is 23.1 Å². The number of carbonyl (C=O) groups is 2. The number of hydrogen-bond donors (Lipinski definition) is 1. The maximum Gasteiger partial charge on any atom is 0.223 e. The van der Waals surface area contributed by atoms with Crippen LogP contribution >= 0.6 is 23.1 Å². The second-order valence-electron chi connectivity index (χ2n) is 7.41. The highest BCUT2D eigenvalue weighted by Gasteiger charge is 2.29. The minimum Gasteiger partial charge on any atom is -0.481 e. The largest absolute Gasteiger partial charge is 0.481 e. The highest BCUT2D eigenvalue weighted by Crippen LogP contribution is 2.36. The van der Waals surface area contributed by atoms with Crippen LogP contribution in [-0.4, -0.2) is 53.2 Å². The van der Waals surface area contributed by atoms with Crippen molar-refractivity contribution >= 4 is 45.8 Å². The molecule has 1 saturated heterocycles. The van der Waals surface area contributed by atoms with Crippen LogP contribution < -0.4 is 10.1 Å². The maximum atomic E-state index is 12.9. The number of ether oxygens (including phenoxy) is 2. The lowest BCUT2D eigenvalue weighted by molar-refractivity contribution is -0.129. The van der Waals surface area contributed by atoms with E-state index in [-0.39, 0.29) is 29.5 Å². The van der Waals surface area contributed by atoms with Crippen LogP contribution in [0.5, 0.6) is 5.88 Å². The molecular weight excluding hydrogens is 448 g/mol. The van der Waals surface area contributed by atoms with Crippen molar-refractivity contribution in [3.63, 3.8) is 0 Å². The number of Topliss-reactive ketones (excluding diaryl/α,β-unsaturated/α-hetero) is 1. The summed E-state index contributed by atoms with van der Waals surface area (Å²) < 4.78 is 11.1. The highest BCUT2D eigenvalue weighted by atomic mass is 32.2. The van der Waals surface area contributed by atoms with Gasteiger partial charge in [-0.25, -0.2) is 15.0 Å². The summed E-state index contributed by atoms with van der Waals surface area (Å²) in [4.78, 5) is 39.8. The first-order valence-electron chi connectivity index (χ1n) is 10.3. The second-order valence-corrected chi connectivity index (χ2v) is 9.49. The van der Waals surface area contributed by atoms with Gasteiger partial charge in [0.2, 0.25) is 11.8 Å². The van der Waals surface area contributed by atoms with Crippen LogP contribution in [0.25, 0.3) is 11.0 Å². The number of aryl methyl sites for hydroxylation is 1. The van der Waals surface area contributed by atoms with E-state index < -0.39 is 0 Å². The first-order chi connectivity index (χ1) is 15.5.